The largest absolute Gasteiger partial charge is 0.334 e. The van der Waals surface area contributed by atoms with Crippen molar-refractivity contribution in [2.24, 2.45) is 0 Å². The zero-order chi connectivity index (χ0) is 18.7. The maximum atomic E-state index is 13.6. The van der Waals surface area contributed by atoms with Crippen LogP contribution >= 0.6 is 0 Å². The van der Waals surface area contributed by atoms with Gasteiger partial charge in [0.25, 0.3) is 5.91 Å². The SMILES string of the molecule is O=C(Nc1ccc(F)c(F)c1)c1ccc(Nc2c(F)cccc2F)nn1. The Bertz CT molecular complexity index is 943. The minimum atomic E-state index is -1.11. The van der Waals surface area contributed by atoms with E-state index in [9.17, 15) is 22.4 Å². The molecule has 0 bridgehead atoms. The number of rotatable bonds is 4. The van der Waals surface area contributed by atoms with Gasteiger partial charge in [0, 0.05) is 11.8 Å². The van der Waals surface area contributed by atoms with E-state index in [1.165, 1.54) is 24.3 Å². The molecule has 2 N–H and O–H groups in total. The van der Waals surface area contributed by atoms with Crippen LogP contribution in [0.4, 0.5) is 34.8 Å². The molecule has 0 fully saturated rings. The molecule has 0 spiro atoms. The summed E-state index contributed by atoms with van der Waals surface area (Å²) in [5, 5.41) is 12.0. The molecule has 26 heavy (non-hydrogen) atoms. The number of amides is 1. The molecule has 0 aliphatic rings. The fraction of sp³-hybridized carbons (Fsp3) is 0. The van der Waals surface area contributed by atoms with E-state index in [1.807, 2.05) is 0 Å². The third kappa shape index (κ3) is 3.77. The summed E-state index contributed by atoms with van der Waals surface area (Å²) in [5.41, 5.74) is -0.499. The first-order chi connectivity index (χ1) is 12.4. The van der Waals surface area contributed by atoms with Crippen LogP contribution in [-0.4, -0.2) is 16.1 Å². The van der Waals surface area contributed by atoms with E-state index in [1.54, 1.807) is 0 Å². The second-order valence-electron chi connectivity index (χ2n) is 5.11. The molecule has 0 unspecified atom stereocenters. The monoisotopic (exact) mass is 362 g/mol. The zero-order valence-corrected chi connectivity index (χ0v) is 12.9. The molecular formula is C17H10F4N4O. The van der Waals surface area contributed by atoms with Crippen LogP contribution in [0.1, 0.15) is 10.5 Å². The van der Waals surface area contributed by atoms with Gasteiger partial charge in [-0.25, -0.2) is 17.6 Å². The number of anilines is 3. The van der Waals surface area contributed by atoms with Gasteiger partial charge in [0.2, 0.25) is 0 Å². The van der Waals surface area contributed by atoms with Crippen LogP contribution < -0.4 is 10.6 Å². The van der Waals surface area contributed by atoms with Crippen LogP contribution in [0.25, 0.3) is 0 Å². The predicted molar refractivity (Wildman–Crippen MR) is 86.0 cm³/mol. The van der Waals surface area contributed by atoms with Crippen LogP contribution in [0.15, 0.2) is 48.5 Å². The summed E-state index contributed by atoms with van der Waals surface area (Å²) in [7, 11) is 0. The smallest absolute Gasteiger partial charge is 0.276 e. The lowest BCUT2D eigenvalue weighted by molar-refractivity contribution is 0.102. The van der Waals surface area contributed by atoms with E-state index in [0.717, 1.165) is 24.3 Å². The number of halogens is 4. The van der Waals surface area contributed by atoms with Crippen molar-refractivity contribution in [3.05, 3.63) is 77.5 Å². The molecule has 9 heteroatoms. The van der Waals surface area contributed by atoms with Crippen molar-refractivity contribution >= 4 is 23.1 Å². The van der Waals surface area contributed by atoms with Crippen molar-refractivity contribution in [3.8, 4) is 0 Å². The van der Waals surface area contributed by atoms with Gasteiger partial charge in [-0.2, -0.15) is 0 Å². The number of carbonyl (C=O) groups excluding carboxylic acids is 1. The average Bonchev–Trinajstić information content (AvgIpc) is 2.62. The molecular weight excluding hydrogens is 352 g/mol. The summed E-state index contributed by atoms with van der Waals surface area (Å²) in [6.45, 7) is 0. The number of hydrogen-bond acceptors (Lipinski definition) is 4. The minimum Gasteiger partial charge on any atom is -0.334 e. The first kappa shape index (κ1) is 17.3. The molecule has 132 valence electrons. The highest BCUT2D eigenvalue weighted by Crippen LogP contribution is 2.21. The molecule has 1 amide bonds. The molecule has 0 saturated carbocycles. The number of nitrogens with one attached hydrogen (secondary N) is 2. The van der Waals surface area contributed by atoms with Crippen LogP contribution in [-0.2, 0) is 0 Å². The molecule has 1 aromatic heterocycles. The average molecular weight is 362 g/mol. The van der Waals surface area contributed by atoms with Crippen molar-refractivity contribution in [1.29, 1.82) is 0 Å². The van der Waals surface area contributed by atoms with Gasteiger partial charge < -0.3 is 10.6 Å². The fourth-order valence-electron chi connectivity index (χ4n) is 2.03. The summed E-state index contributed by atoms with van der Waals surface area (Å²) in [6.07, 6.45) is 0. The van der Waals surface area contributed by atoms with E-state index < -0.39 is 34.9 Å². The van der Waals surface area contributed by atoms with Crippen LogP contribution in [0, 0.1) is 23.3 Å². The van der Waals surface area contributed by atoms with Gasteiger partial charge in [-0.1, -0.05) is 6.07 Å². The van der Waals surface area contributed by atoms with E-state index >= 15 is 0 Å². The van der Waals surface area contributed by atoms with Gasteiger partial charge in [-0.3, -0.25) is 4.79 Å². The molecule has 2 aromatic carbocycles. The van der Waals surface area contributed by atoms with Crippen molar-refractivity contribution in [1.82, 2.24) is 10.2 Å². The van der Waals surface area contributed by atoms with Crippen LogP contribution in [0.2, 0.25) is 0 Å². The van der Waals surface area contributed by atoms with Crippen molar-refractivity contribution < 1.29 is 22.4 Å². The second-order valence-corrected chi connectivity index (χ2v) is 5.11. The third-order valence-corrected chi connectivity index (χ3v) is 3.29. The number of aromatic nitrogens is 2. The Kier molecular flexibility index (Phi) is 4.78. The van der Waals surface area contributed by atoms with E-state index in [2.05, 4.69) is 20.8 Å². The highest BCUT2D eigenvalue weighted by Gasteiger charge is 2.12. The number of hydrogen-bond donors (Lipinski definition) is 2. The molecule has 0 aliphatic heterocycles. The van der Waals surface area contributed by atoms with Gasteiger partial charge in [0.15, 0.2) is 23.1 Å². The lowest BCUT2D eigenvalue weighted by atomic mass is 10.2. The summed E-state index contributed by atoms with van der Waals surface area (Å²) >= 11 is 0. The minimum absolute atomic E-state index is 0.0124. The van der Waals surface area contributed by atoms with E-state index in [-0.39, 0.29) is 17.2 Å². The quantitative estimate of drug-likeness (QED) is 0.688. The molecule has 0 saturated heterocycles. The lowest BCUT2D eigenvalue weighted by Gasteiger charge is -2.08. The number of carbonyl (C=O) groups is 1. The number of nitrogens with zero attached hydrogens (tertiary/aromatic N) is 2. The molecule has 1 heterocycles. The highest BCUT2D eigenvalue weighted by atomic mass is 19.2. The first-order valence-corrected chi connectivity index (χ1v) is 7.25. The second kappa shape index (κ2) is 7.18. The highest BCUT2D eigenvalue weighted by molar-refractivity contribution is 6.02. The first-order valence-electron chi connectivity index (χ1n) is 7.25. The normalized spacial score (nSPS) is 10.5. The molecule has 0 atom stereocenters. The standard InChI is InChI=1S/C17H10F4N4O/c18-10-5-4-9(8-13(10)21)22-17(26)14-6-7-15(25-24-14)23-16-11(19)2-1-3-12(16)20/h1-8H,(H,22,26)(H,23,25). The maximum absolute atomic E-state index is 13.6. The topological polar surface area (TPSA) is 66.9 Å². The Balaban J connectivity index is 1.72. The molecule has 3 aromatic rings. The van der Waals surface area contributed by atoms with Crippen molar-refractivity contribution in [2.45, 2.75) is 0 Å². The predicted octanol–water partition coefficient (Wildman–Crippen LogP) is 4.03. The van der Waals surface area contributed by atoms with Crippen molar-refractivity contribution in [3.63, 3.8) is 0 Å². The maximum Gasteiger partial charge on any atom is 0.276 e. The van der Waals surface area contributed by atoms with E-state index in [4.69, 9.17) is 0 Å². The molecule has 0 radical (unpaired) electrons. The van der Waals surface area contributed by atoms with Gasteiger partial charge in [-0.15, -0.1) is 10.2 Å². The van der Waals surface area contributed by atoms with E-state index in [0.29, 0.717) is 0 Å². The lowest BCUT2D eigenvalue weighted by Crippen LogP contribution is -2.15. The van der Waals surface area contributed by atoms with Crippen molar-refractivity contribution in [2.75, 3.05) is 10.6 Å². The van der Waals surface area contributed by atoms with Gasteiger partial charge in [0.1, 0.15) is 17.3 Å². The summed E-state index contributed by atoms with van der Waals surface area (Å²) in [6, 6.07) is 8.77. The van der Waals surface area contributed by atoms with Gasteiger partial charge in [0.05, 0.1) is 0 Å². The number of benzene rings is 2. The number of para-hydroxylation sites is 1. The third-order valence-electron chi connectivity index (χ3n) is 3.29. The Morgan fingerprint density at radius 1 is 0.808 bits per heavy atom. The fourth-order valence-corrected chi connectivity index (χ4v) is 2.03. The zero-order valence-electron chi connectivity index (χ0n) is 12.9. The summed E-state index contributed by atoms with van der Waals surface area (Å²) < 4.78 is 53.2. The Morgan fingerprint density at radius 2 is 1.54 bits per heavy atom. The van der Waals surface area contributed by atoms with Crippen LogP contribution in [0.5, 0.6) is 0 Å². The molecule has 5 nitrogen and oxygen atoms in total. The van der Waals surface area contributed by atoms with Gasteiger partial charge in [-0.05, 0) is 36.4 Å². The summed E-state index contributed by atoms with van der Waals surface area (Å²) in [5.74, 6) is -4.48. The Hall–Kier alpha value is -3.49. The Morgan fingerprint density at radius 3 is 2.15 bits per heavy atom. The van der Waals surface area contributed by atoms with Crippen LogP contribution in [0.3, 0.4) is 0 Å². The Labute approximate surface area is 144 Å². The van der Waals surface area contributed by atoms with Gasteiger partial charge >= 0.3 is 0 Å². The summed E-state index contributed by atoms with van der Waals surface area (Å²) in [4.78, 5) is 12.0. The molecule has 3 rings (SSSR count). The molecule has 0 aliphatic carbocycles.